The van der Waals surface area contributed by atoms with Crippen LogP contribution in [0.25, 0.3) is 4.85 Å². The van der Waals surface area contributed by atoms with Crippen molar-refractivity contribution in [3.05, 3.63) is 45.8 Å². The molecule has 0 aliphatic carbocycles. The topological polar surface area (TPSA) is 74.4 Å². The van der Waals surface area contributed by atoms with Gasteiger partial charge in [-0.25, -0.2) is 4.85 Å². The van der Waals surface area contributed by atoms with Crippen LogP contribution in [0.5, 0.6) is 17.5 Å². The summed E-state index contributed by atoms with van der Waals surface area (Å²) in [4.78, 5) is 7.67. The van der Waals surface area contributed by atoms with Crippen LogP contribution in [0.1, 0.15) is 25.0 Å². The number of ether oxygens (including phenoxy) is 3. The number of halogens is 1. The van der Waals surface area contributed by atoms with Gasteiger partial charge in [-0.2, -0.15) is 4.98 Å². The van der Waals surface area contributed by atoms with Crippen LogP contribution in [0.4, 0.5) is 5.69 Å². The molecule has 7 nitrogen and oxygen atoms in total. The fourth-order valence-corrected chi connectivity index (χ4v) is 3.04. The molecule has 0 radical (unpaired) electrons. The predicted molar refractivity (Wildman–Crippen MR) is 106 cm³/mol. The Labute approximate surface area is 169 Å². The number of nitrogens with zero attached hydrogens (tertiary/aromatic N) is 2. The molecule has 0 saturated carbocycles. The fourth-order valence-electron chi connectivity index (χ4n) is 2.86. The summed E-state index contributed by atoms with van der Waals surface area (Å²) >= 11 is 6.24. The van der Waals surface area contributed by atoms with E-state index in [4.69, 9.17) is 37.0 Å². The minimum absolute atomic E-state index is 0.0894. The first kappa shape index (κ1) is 20.4. The summed E-state index contributed by atoms with van der Waals surface area (Å²) < 4.78 is 22.1. The largest absolute Gasteiger partial charge is 0.492 e. The van der Waals surface area contributed by atoms with E-state index >= 15 is 0 Å². The van der Waals surface area contributed by atoms with E-state index in [0.717, 1.165) is 16.6 Å². The fraction of sp³-hybridized carbons (Fsp3) is 0.368. The molecular weight excluding hydrogens is 382 g/mol. The summed E-state index contributed by atoms with van der Waals surface area (Å²) in [6.45, 7) is 13.9. The highest BCUT2D eigenvalue weighted by atomic mass is 35.5. The monoisotopic (exact) mass is 402 g/mol. The lowest BCUT2D eigenvalue weighted by Gasteiger charge is -2.13. The van der Waals surface area contributed by atoms with Gasteiger partial charge in [0.2, 0.25) is 17.4 Å². The highest BCUT2D eigenvalue weighted by Crippen LogP contribution is 2.37. The van der Waals surface area contributed by atoms with Crippen molar-refractivity contribution in [2.75, 3.05) is 13.2 Å². The van der Waals surface area contributed by atoms with Crippen LogP contribution >= 0.6 is 11.6 Å². The molecule has 2 aromatic rings. The molecule has 1 N–H and O–H groups in total. The van der Waals surface area contributed by atoms with Crippen LogP contribution in [0.15, 0.2) is 18.2 Å². The standard InChI is InChI=1S/C19H20BClN2O5/c1-11(2)25-5-6-26-19-16(22-4)9-15(21)18(23-19)28-14-7-12(3)17-13(8-14)10-27-20(17)24/h7-9,11,24H,5-6,10H2,1-3H3. The molecule has 0 atom stereocenters. The predicted octanol–water partition coefficient (Wildman–Crippen LogP) is 3.41. The summed E-state index contributed by atoms with van der Waals surface area (Å²) in [5.41, 5.74) is 2.64. The average molecular weight is 403 g/mol. The Bertz CT molecular complexity index is 916. The first-order valence-corrected chi connectivity index (χ1v) is 9.20. The zero-order chi connectivity index (χ0) is 20.3. The van der Waals surface area contributed by atoms with Crippen molar-refractivity contribution in [3.63, 3.8) is 0 Å². The number of aryl methyl sites for hydroxylation is 1. The van der Waals surface area contributed by atoms with E-state index in [-0.39, 0.29) is 35.2 Å². The second-order valence-corrected chi connectivity index (χ2v) is 6.97. The smallest absolute Gasteiger partial charge is 0.484 e. The van der Waals surface area contributed by atoms with Crippen LogP contribution in [0.2, 0.25) is 5.02 Å². The van der Waals surface area contributed by atoms with Crippen molar-refractivity contribution in [2.24, 2.45) is 0 Å². The number of hydrogen-bond donors (Lipinski definition) is 1. The first-order valence-electron chi connectivity index (χ1n) is 8.82. The molecule has 9 heteroatoms. The van der Waals surface area contributed by atoms with E-state index in [1.807, 2.05) is 20.8 Å². The summed E-state index contributed by atoms with van der Waals surface area (Å²) in [7, 11) is -0.920. The molecule has 1 aliphatic heterocycles. The van der Waals surface area contributed by atoms with Gasteiger partial charge in [-0.05, 0) is 55.6 Å². The van der Waals surface area contributed by atoms with E-state index in [2.05, 4.69) is 9.83 Å². The molecule has 0 spiro atoms. The average Bonchev–Trinajstić information content (AvgIpc) is 3.02. The lowest BCUT2D eigenvalue weighted by atomic mass is 9.76. The van der Waals surface area contributed by atoms with Crippen LogP contribution in [0.3, 0.4) is 0 Å². The van der Waals surface area contributed by atoms with Gasteiger partial charge >= 0.3 is 7.12 Å². The van der Waals surface area contributed by atoms with Crippen molar-refractivity contribution in [3.8, 4) is 17.5 Å². The summed E-state index contributed by atoms with van der Waals surface area (Å²) in [6.07, 6.45) is 0.0894. The minimum Gasteiger partial charge on any atom is -0.484 e. The Morgan fingerprint density at radius 3 is 2.82 bits per heavy atom. The molecule has 0 bridgehead atoms. The first-order chi connectivity index (χ1) is 13.4. The molecule has 1 aromatic heterocycles. The number of fused-ring (bicyclic) bond motifs is 1. The van der Waals surface area contributed by atoms with Gasteiger partial charge in [0, 0.05) is 0 Å². The highest BCUT2D eigenvalue weighted by Gasteiger charge is 2.30. The molecule has 1 aromatic carbocycles. The van der Waals surface area contributed by atoms with E-state index in [0.29, 0.717) is 19.0 Å². The molecule has 1 aliphatic rings. The van der Waals surface area contributed by atoms with E-state index in [1.54, 1.807) is 12.1 Å². The quantitative estimate of drug-likeness (QED) is 0.435. The van der Waals surface area contributed by atoms with Gasteiger partial charge < -0.3 is 23.9 Å². The van der Waals surface area contributed by atoms with E-state index in [9.17, 15) is 5.02 Å². The van der Waals surface area contributed by atoms with Crippen molar-refractivity contribution >= 4 is 29.9 Å². The van der Waals surface area contributed by atoms with Gasteiger partial charge in [-0.15, -0.1) is 0 Å². The SMILES string of the molecule is [C-]#[N+]c1cc(Cl)c(Oc2cc(C)c3c(c2)COB3O)nc1OCCOC(C)C. The van der Waals surface area contributed by atoms with Gasteiger partial charge in [0.15, 0.2) is 0 Å². The third kappa shape index (κ3) is 4.57. The summed E-state index contributed by atoms with van der Waals surface area (Å²) in [5, 5.41) is 10.1. The maximum absolute atomic E-state index is 9.87. The zero-order valence-corrected chi connectivity index (χ0v) is 16.6. The molecule has 3 rings (SSSR count). The Hall–Kier alpha value is -2.31. The third-order valence-electron chi connectivity index (χ3n) is 4.09. The number of pyridine rings is 1. The molecular formula is C19H20BClN2O5. The van der Waals surface area contributed by atoms with Crippen molar-refractivity contribution in [2.45, 2.75) is 33.5 Å². The number of aromatic nitrogens is 1. The molecule has 146 valence electrons. The third-order valence-corrected chi connectivity index (χ3v) is 4.36. The molecule has 0 amide bonds. The van der Waals surface area contributed by atoms with Crippen molar-refractivity contribution < 1.29 is 23.9 Å². The Morgan fingerprint density at radius 1 is 1.32 bits per heavy atom. The van der Waals surface area contributed by atoms with Crippen LogP contribution in [-0.4, -0.2) is 36.4 Å². The second kappa shape index (κ2) is 8.80. The van der Waals surface area contributed by atoms with Gasteiger partial charge in [0.05, 0.1) is 30.9 Å². The maximum Gasteiger partial charge on any atom is 0.492 e. The molecule has 0 fully saturated rings. The maximum atomic E-state index is 9.87. The van der Waals surface area contributed by atoms with Gasteiger partial charge in [0.25, 0.3) is 0 Å². The van der Waals surface area contributed by atoms with E-state index in [1.165, 1.54) is 6.07 Å². The number of benzene rings is 1. The van der Waals surface area contributed by atoms with Crippen LogP contribution in [-0.2, 0) is 16.0 Å². The Morgan fingerprint density at radius 2 is 2.11 bits per heavy atom. The normalized spacial score (nSPS) is 12.8. The number of hydrogen-bond acceptors (Lipinski definition) is 6. The highest BCUT2D eigenvalue weighted by molar-refractivity contribution is 6.62. The minimum atomic E-state index is -0.920. The van der Waals surface area contributed by atoms with Crippen molar-refractivity contribution in [1.82, 2.24) is 4.98 Å². The summed E-state index contributed by atoms with van der Waals surface area (Å²) in [5.74, 6) is 0.777. The Balaban J connectivity index is 1.81. The lowest BCUT2D eigenvalue weighted by molar-refractivity contribution is 0.0543. The lowest BCUT2D eigenvalue weighted by Crippen LogP contribution is -2.30. The number of rotatable bonds is 7. The second-order valence-electron chi connectivity index (χ2n) is 6.56. The van der Waals surface area contributed by atoms with Gasteiger partial charge in [-0.1, -0.05) is 11.6 Å². The molecule has 2 heterocycles. The zero-order valence-electron chi connectivity index (χ0n) is 15.9. The molecule has 0 unspecified atom stereocenters. The van der Waals surface area contributed by atoms with E-state index < -0.39 is 7.12 Å². The summed E-state index contributed by atoms with van der Waals surface area (Å²) in [6, 6.07) is 5.01. The van der Waals surface area contributed by atoms with Crippen LogP contribution < -0.4 is 14.9 Å². The van der Waals surface area contributed by atoms with Gasteiger partial charge in [-0.3, -0.25) is 0 Å². The van der Waals surface area contributed by atoms with Crippen molar-refractivity contribution in [1.29, 1.82) is 0 Å². The molecule has 28 heavy (non-hydrogen) atoms. The Kier molecular flexibility index (Phi) is 6.42. The van der Waals surface area contributed by atoms with Gasteiger partial charge in [0.1, 0.15) is 12.4 Å². The van der Waals surface area contributed by atoms with Crippen LogP contribution in [0, 0.1) is 13.5 Å². The molecule has 0 saturated heterocycles.